The first-order chi connectivity index (χ1) is 9.69. The molecule has 2 heterocycles. The second-order valence-corrected chi connectivity index (χ2v) is 4.48. The van der Waals surface area contributed by atoms with Crippen molar-refractivity contribution in [1.29, 1.82) is 0 Å². The smallest absolute Gasteiger partial charge is 0.263 e. The maximum Gasteiger partial charge on any atom is 0.263 e. The lowest BCUT2D eigenvalue weighted by Crippen LogP contribution is -2.15. The molecule has 0 atom stereocenters. The summed E-state index contributed by atoms with van der Waals surface area (Å²) in [5.74, 6) is 0.731. The number of aromatic amines is 1. The van der Waals surface area contributed by atoms with Crippen molar-refractivity contribution in [2.75, 3.05) is 5.32 Å². The van der Waals surface area contributed by atoms with E-state index < -0.39 is 0 Å². The Labute approximate surface area is 115 Å². The van der Waals surface area contributed by atoms with Crippen molar-refractivity contribution in [2.24, 2.45) is 0 Å². The predicted octanol–water partition coefficient (Wildman–Crippen LogP) is 2.67. The molecule has 0 radical (unpaired) electrons. The van der Waals surface area contributed by atoms with Crippen LogP contribution in [0.15, 0.2) is 28.8 Å². The second-order valence-electron chi connectivity index (χ2n) is 4.48. The zero-order chi connectivity index (χ0) is 14.1. The Bertz CT molecular complexity index is 739. The summed E-state index contributed by atoms with van der Waals surface area (Å²) in [5.41, 5.74) is 2.74. The van der Waals surface area contributed by atoms with Crippen LogP contribution in [0.5, 0.6) is 0 Å². The number of rotatable bonds is 3. The molecule has 6 heteroatoms. The number of carbonyl (C=O) groups is 1. The fourth-order valence-corrected chi connectivity index (χ4v) is 2.13. The van der Waals surface area contributed by atoms with Gasteiger partial charge in [-0.3, -0.25) is 10.1 Å². The minimum atomic E-state index is -0.264. The average Bonchev–Trinajstić information content (AvgIpc) is 3.00. The first kappa shape index (κ1) is 12.4. The molecule has 0 aliphatic carbocycles. The van der Waals surface area contributed by atoms with Gasteiger partial charge in [-0.15, -0.1) is 0 Å². The molecular weight excluding hydrogens is 256 g/mol. The van der Waals surface area contributed by atoms with Crippen molar-refractivity contribution in [3.63, 3.8) is 0 Å². The van der Waals surface area contributed by atoms with Crippen molar-refractivity contribution >= 4 is 22.9 Å². The van der Waals surface area contributed by atoms with Crippen molar-refractivity contribution in [3.8, 4) is 0 Å². The third kappa shape index (κ3) is 2.05. The molecular formula is C14H14N4O2. The number of hydrogen-bond acceptors (Lipinski definition) is 4. The van der Waals surface area contributed by atoms with Crippen LogP contribution in [0.1, 0.15) is 28.7 Å². The molecule has 20 heavy (non-hydrogen) atoms. The van der Waals surface area contributed by atoms with E-state index in [0.29, 0.717) is 29.4 Å². The summed E-state index contributed by atoms with van der Waals surface area (Å²) in [6, 6.07) is 7.59. The van der Waals surface area contributed by atoms with Crippen molar-refractivity contribution in [2.45, 2.75) is 20.3 Å². The summed E-state index contributed by atoms with van der Waals surface area (Å²) in [6.07, 6.45) is 0.615. The molecule has 3 rings (SSSR count). The number of benzene rings is 1. The molecule has 1 amide bonds. The van der Waals surface area contributed by atoms with Crippen LogP contribution < -0.4 is 5.32 Å². The van der Waals surface area contributed by atoms with Gasteiger partial charge in [0, 0.05) is 6.42 Å². The molecule has 1 aromatic carbocycles. The lowest BCUT2D eigenvalue weighted by molar-refractivity contribution is 0.102. The van der Waals surface area contributed by atoms with Crippen LogP contribution in [0, 0.1) is 6.92 Å². The Morgan fingerprint density at radius 3 is 2.95 bits per heavy atom. The molecule has 0 saturated carbocycles. The maximum atomic E-state index is 12.3. The molecule has 102 valence electrons. The van der Waals surface area contributed by atoms with Gasteiger partial charge in [0.05, 0.1) is 16.7 Å². The van der Waals surface area contributed by atoms with E-state index in [2.05, 4.69) is 20.4 Å². The third-order valence-electron chi connectivity index (χ3n) is 3.10. The lowest BCUT2D eigenvalue weighted by atomic mass is 10.1. The highest BCUT2D eigenvalue weighted by Crippen LogP contribution is 2.17. The van der Waals surface area contributed by atoms with Gasteiger partial charge in [-0.2, -0.15) is 0 Å². The van der Waals surface area contributed by atoms with E-state index in [4.69, 9.17) is 4.52 Å². The minimum Gasteiger partial charge on any atom is -0.360 e. The lowest BCUT2D eigenvalue weighted by Gasteiger charge is -2.01. The van der Waals surface area contributed by atoms with Gasteiger partial charge in [-0.25, -0.2) is 4.98 Å². The van der Waals surface area contributed by atoms with Crippen molar-refractivity contribution in [1.82, 2.24) is 15.1 Å². The van der Waals surface area contributed by atoms with Gasteiger partial charge >= 0.3 is 0 Å². The summed E-state index contributed by atoms with van der Waals surface area (Å²) in [6.45, 7) is 3.66. The molecule has 0 unspecified atom stereocenters. The van der Waals surface area contributed by atoms with Crippen LogP contribution in [0.3, 0.4) is 0 Å². The van der Waals surface area contributed by atoms with E-state index in [1.54, 1.807) is 6.92 Å². The van der Waals surface area contributed by atoms with Crippen molar-refractivity contribution < 1.29 is 9.32 Å². The van der Waals surface area contributed by atoms with Gasteiger partial charge in [0.2, 0.25) is 5.95 Å². The number of fused-ring (bicyclic) bond motifs is 1. The number of aryl methyl sites for hydroxylation is 2. The summed E-state index contributed by atoms with van der Waals surface area (Å²) >= 11 is 0. The highest BCUT2D eigenvalue weighted by Gasteiger charge is 2.20. The van der Waals surface area contributed by atoms with Crippen LogP contribution in [-0.4, -0.2) is 21.0 Å². The first-order valence-corrected chi connectivity index (χ1v) is 6.40. The molecule has 2 N–H and O–H groups in total. The van der Waals surface area contributed by atoms with Gasteiger partial charge in [0.25, 0.3) is 5.91 Å². The standard InChI is InChI=1S/C14H14N4O2/c1-3-11-12(8(2)18-20-11)13(19)17-14-15-9-6-4-5-7-10(9)16-14/h4-7H,3H2,1-2H3,(H2,15,16,17,19). The van der Waals surface area contributed by atoms with E-state index in [1.807, 2.05) is 31.2 Å². The topological polar surface area (TPSA) is 83.8 Å². The van der Waals surface area contributed by atoms with E-state index >= 15 is 0 Å². The van der Waals surface area contributed by atoms with Gasteiger partial charge < -0.3 is 9.51 Å². The summed E-state index contributed by atoms with van der Waals surface area (Å²) < 4.78 is 5.12. The maximum absolute atomic E-state index is 12.3. The Morgan fingerprint density at radius 1 is 1.40 bits per heavy atom. The molecule has 0 fully saturated rings. The fourth-order valence-electron chi connectivity index (χ4n) is 2.13. The number of H-pyrrole nitrogens is 1. The quantitative estimate of drug-likeness (QED) is 0.766. The number of nitrogens with zero attached hydrogens (tertiary/aromatic N) is 2. The number of hydrogen-bond donors (Lipinski definition) is 2. The zero-order valence-corrected chi connectivity index (χ0v) is 11.2. The number of carbonyl (C=O) groups excluding carboxylic acids is 1. The van der Waals surface area contributed by atoms with E-state index in [0.717, 1.165) is 11.0 Å². The zero-order valence-electron chi connectivity index (χ0n) is 11.2. The molecule has 0 spiro atoms. The Morgan fingerprint density at radius 2 is 2.20 bits per heavy atom. The number of nitrogens with one attached hydrogen (secondary N) is 2. The van der Waals surface area contributed by atoms with Crippen molar-refractivity contribution in [3.05, 3.63) is 41.3 Å². The molecule has 2 aromatic heterocycles. The van der Waals surface area contributed by atoms with Gasteiger partial charge in [-0.1, -0.05) is 24.2 Å². The molecule has 3 aromatic rings. The fraction of sp³-hybridized carbons (Fsp3) is 0.214. The number of anilines is 1. The SMILES string of the molecule is CCc1onc(C)c1C(=O)Nc1nc2ccccc2[nH]1. The monoisotopic (exact) mass is 270 g/mol. The van der Waals surface area contributed by atoms with Crippen LogP contribution in [-0.2, 0) is 6.42 Å². The molecule has 0 saturated heterocycles. The highest BCUT2D eigenvalue weighted by atomic mass is 16.5. The Balaban J connectivity index is 1.90. The largest absolute Gasteiger partial charge is 0.360 e. The van der Waals surface area contributed by atoms with E-state index in [9.17, 15) is 4.79 Å². The number of para-hydroxylation sites is 2. The number of imidazole rings is 1. The van der Waals surface area contributed by atoms with E-state index in [-0.39, 0.29) is 5.91 Å². The van der Waals surface area contributed by atoms with Crippen LogP contribution in [0.2, 0.25) is 0 Å². The van der Waals surface area contributed by atoms with Crippen LogP contribution >= 0.6 is 0 Å². The average molecular weight is 270 g/mol. The first-order valence-electron chi connectivity index (χ1n) is 6.40. The molecule has 0 aliphatic rings. The van der Waals surface area contributed by atoms with Gasteiger partial charge in [-0.05, 0) is 19.1 Å². The summed E-state index contributed by atoms with van der Waals surface area (Å²) in [7, 11) is 0. The molecule has 0 aliphatic heterocycles. The Kier molecular flexibility index (Phi) is 2.98. The Hall–Kier alpha value is -2.63. The molecule has 6 nitrogen and oxygen atoms in total. The predicted molar refractivity (Wildman–Crippen MR) is 74.7 cm³/mol. The highest BCUT2D eigenvalue weighted by molar-refractivity contribution is 6.05. The van der Waals surface area contributed by atoms with Gasteiger partial charge in [0.15, 0.2) is 0 Å². The number of aromatic nitrogens is 3. The van der Waals surface area contributed by atoms with Gasteiger partial charge in [0.1, 0.15) is 11.3 Å². The van der Waals surface area contributed by atoms with Crippen LogP contribution in [0.25, 0.3) is 11.0 Å². The summed E-state index contributed by atoms with van der Waals surface area (Å²) in [5, 5.41) is 6.57. The normalized spacial score (nSPS) is 10.9. The number of amides is 1. The third-order valence-corrected chi connectivity index (χ3v) is 3.10. The minimum absolute atomic E-state index is 0.264. The van der Waals surface area contributed by atoms with E-state index in [1.165, 1.54) is 0 Å². The van der Waals surface area contributed by atoms with Crippen LogP contribution in [0.4, 0.5) is 5.95 Å². The summed E-state index contributed by atoms with van der Waals surface area (Å²) in [4.78, 5) is 19.6. The molecule has 0 bridgehead atoms. The second kappa shape index (κ2) is 4.80.